The molecule has 24 heavy (non-hydrogen) atoms. The molecule has 1 aromatic rings. The maximum Gasteiger partial charge on any atom is 0.253 e. The first-order valence-electron chi connectivity index (χ1n) is 7.71. The van der Waals surface area contributed by atoms with Crippen molar-refractivity contribution in [1.82, 2.24) is 14.9 Å². The molecule has 9 heteroatoms. The van der Waals surface area contributed by atoms with Crippen molar-refractivity contribution in [2.75, 3.05) is 26.2 Å². The van der Waals surface area contributed by atoms with E-state index in [0.29, 0.717) is 19.6 Å². The number of benzene rings is 1. The molecular formula is C15H20ClN3O4S. The number of likely N-dealkylation sites (N-methyl/N-ethyl adjacent to an activating group) is 1. The summed E-state index contributed by atoms with van der Waals surface area (Å²) in [6.45, 7) is 2.97. The highest BCUT2D eigenvalue weighted by atomic mass is 35.5. The van der Waals surface area contributed by atoms with Gasteiger partial charge in [-0.25, -0.2) is 8.42 Å². The van der Waals surface area contributed by atoms with E-state index >= 15 is 0 Å². The first-order valence-corrected chi connectivity index (χ1v) is 9.52. The molecule has 0 bridgehead atoms. The fraction of sp³-hybridized carbons (Fsp3) is 0.467. The third-order valence-electron chi connectivity index (χ3n) is 3.67. The SMILES string of the molecule is CCNC(=O)CNC(=O)c1cc(S(=O)(=O)N2CCCC2)ccc1Cl. The van der Waals surface area contributed by atoms with Crippen molar-refractivity contribution in [3.63, 3.8) is 0 Å². The Hall–Kier alpha value is -1.64. The molecule has 0 atom stereocenters. The minimum absolute atomic E-state index is 0.0250. The molecule has 0 aromatic heterocycles. The smallest absolute Gasteiger partial charge is 0.253 e. The highest BCUT2D eigenvalue weighted by Crippen LogP contribution is 2.25. The number of halogens is 1. The number of nitrogens with one attached hydrogen (secondary N) is 2. The fourth-order valence-corrected chi connectivity index (χ4v) is 4.18. The molecule has 2 N–H and O–H groups in total. The molecule has 1 aliphatic rings. The molecule has 1 fully saturated rings. The average molecular weight is 374 g/mol. The summed E-state index contributed by atoms with van der Waals surface area (Å²) < 4.78 is 26.5. The first kappa shape index (κ1) is 18.7. The summed E-state index contributed by atoms with van der Waals surface area (Å²) in [6, 6.07) is 4.02. The van der Waals surface area contributed by atoms with Crippen LogP contribution in [0, 0.1) is 0 Å². The van der Waals surface area contributed by atoms with Crippen molar-refractivity contribution in [2.45, 2.75) is 24.7 Å². The highest BCUT2D eigenvalue weighted by Gasteiger charge is 2.28. The number of carbonyl (C=O) groups excluding carboxylic acids is 2. The van der Waals surface area contributed by atoms with Crippen LogP contribution in [0.5, 0.6) is 0 Å². The largest absolute Gasteiger partial charge is 0.355 e. The topological polar surface area (TPSA) is 95.6 Å². The van der Waals surface area contributed by atoms with Gasteiger partial charge in [0.15, 0.2) is 0 Å². The first-order chi connectivity index (χ1) is 11.4. The second-order valence-corrected chi connectivity index (χ2v) is 7.73. The number of nitrogens with zero attached hydrogens (tertiary/aromatic N) is 1. The summed E-state index contributed by atoms with van der Waals surface area (Å²) in [5.41, 5.74) is 0.0289. The molecule has 2 rings (SSSR count). The van der Waals surface area contributed by atoms with Gasteiger partial charge in [-0.15, -0.1) is 0 Å². The minimum Gasteiger partial charge on any atom is -0.355 e. The van der Waals surface area contributed by atoms with E-state index in [1.54, 1.807) is 6.92 Å². The van der Waals surface area contributed by atoms with Crippen LogP contribution in [0.1, 0.15) is 30.1 Å². The van der Waals surface area contributed by atoms with E-state index in [-0.39, 0.29) is 27.9 Å². The number of sulfonamides is 1. The standard InChI is InChI=1S/C15H20ClN3O4S/c1-2-17-14(20)10-18-15(21)12-9-11(5-6-13(12)16)24(22,23)19-7-3-4-8-19/h5-6,9H,2-4,7-8,10H2,1H3,(H,17,20)(H,18,21). The normalized spacial score (nSPS) is 15.2. The lowest BCUT2D eigenvalue weighted by molar-refractivity contribution is -0.120. The van der Waals surface area contributed by atoms with E-state index in [1.165, 1.54) is 22.5 Å². The predicted octanol–water partition coefficient (Wildman–Crippen LogP) is 0.990. The summed E-state index contributed by atoms with van der Waals surface area (Å²) in [6.07, 6.45) is 1.65. The number of amides is 2. The molecule has 0 radical (unpaired) electrons. The van der Waals surface area contributed by atoms with E-state index in [4.69, 9.17) is 11.6 Å². The molecule has 132 valence electrons. The number of rotatable bonds is 6. The molecule has 7 nitrogen and oxygen atoms in total. The Morgan fingerprint density at radius 1 is 1.21 bits per heavy atom. The van der Waals surface area contributed by atoms with Crippen molar-refractivity contribution in [3.05, 3.63) is 28.8 Å². The van der Waals surface area contributed by atoms with Gasteiger partial charge < -0.3 is 10.6 Å². The van der Waals surface area contributed by atoms with E-state index in [9.17, 15) is 18.0 Å². The van der Waals surface area contributed by atoms with Crippen LogP contribution in [-0.4, -0.2) is 50.7 Å². The molecule has 2 amide bonds. The molecule has 1 aromatic carbocycles. The Morgan fingerprint density at radius 2 is 1.88 bits per heavy atom. The van der Waals surface area contributed by atoms with E-state index < -0.39 is 15.9 Å². The predicted molar refractivity (Wildman–Crippen MR) is 90.5 cm³/mol. The molecule has 0 spiro atoms. The Kier molecular flexibility index (Phi) is 6.20. The lowest BCUT2D eigenvalue weighted by Gasteiger charge is -2.16. The lowest BCUT2D eigenvalue weighted by Crippen LogP contribution is -2.37. The van der Waals surface area contributed by atoms with Gasteiger partial charge in [-0.1, -0.05) is 11.6 Å². The monoisotopic (exact) mass is 373 g/mol. The van der Waals surface area contributed by atoms with Gasteiger partial charge >= 0.3 is 0 Å². The summed E-state index contributed by atoms with van der Waals surface area (Å²) in [4.78, 5) is 23.6. The zero-order valence-electron chi connectivity index (χ0n) is 13.3. The zero-order valence-corrected chi connectivity index (χ0v) is 14.9. The molecule has 0 unspecified atom stereocenters. The van der Waals surface area contributed by atoms with E-state index in [0.717, 1.165) is 12.8 Å². The number of carbonyl (C=O) groups is 2. The van der Waals surface area contributed by atoms with Crippen LogP contribution in [0.25, 0.3) is 0 Å². The van der Waals surface area contributed by atoms with Gasteiger partial charge in [-0.05, 0) is 38.0 Å². The number of hydrogen-bond donors (Lipinski definition) is 2. The molecule has 1 saturated heterocycles. The third kappa shape index (κ3) is 4.25. The van der Waals surface area contributed by atoms with Gasteiger partial charge in [0.2, 0.25) is 15.9 Å². The van der Waals surface area contributed by atoms with Crippen LogP contribution in [0.15, 0.2) is 23.1 Å². The summed E-state index contributed by atoms with van der Waals surface area (Å²) in [5.74, 6) is -0.924. The van der Waals surface area contributed by atoms with Crippen LogP contribution in [0.3, 0.4) is 0 Å². The van der Waals surface area contributed by atoms with Crippen molar-refractivity contribution in [2.24, 2.45) is 0 Å². The van der Waals surface area contributed by atoms with Crippen molar-refractivity contribution in [3.8, 4) is 0 Å². The lowest BCUT2D eigenvalue weighted by atomic mass is 10.2. The molecule has 0 saturated carbocycles. The second kappa shape index (κ2) is 7.96. The van der Waals surface area contributed by atoms with E-state index in [1.807, 2.05) is 0 Å². The maximum absolute atomic E-state index is 12.6. The summed E-state index contributed by atoms with van der Waals surface area (Å²) in [7, 11) is -3.64. The Labute approximate surface area is 146 Å². The minimum atomic E-state index is -3.64. The van der Waals surface area contributed by atoms with Crippen LogP contribution >= 0.6 is 11.6 Å². The van der Waals surface area contributed by atoms with Crippen LogP contribution in [-0.2, 0) is 14.8 Å². The van der Waals surface area contributed by atoms with Gasteiger partial charge in [0.25, 0.3) is 5.91 Å². The molecular weight excluding hydrogens is 354 g/mol. The van der Waals surface area contributed by atoms with Crippen molar-refractivity contribution >= 4 is 33.4 Å². The van der Waals surface area contributed by atoms with E-state index in [2.05, 4.69) is 10.6 Å². The highest BCUT2D eigenvalue weighted by molar-refractivity contribution is 7.89. The Bertz CT molecular complexity index is 730. The van der Waals surface area contributed by atoms with Crippen LogP contribution in [0.4, 0.5) is 0 Å². The van der Waals surface area contributed by atoms with Gasteiger partial charge in [-0.2, -0.15) is 4.31 Å². The van der Waals surface area contributed by atoms with Crippen LogP contribution < -0.4 is 10.6 Å². The van der Waals surface area contributed by atoms with Crippen molar-refractivity contribution < 1.29 is 18.0 Å². The van der Waals surface area contributed by atoms with Gasteiger partial charge in [0.1, 0.15) is 0 Å². The Balaban J connectivity index is 2.19. The van der Waals surface area contributed by atoms with Gasteiger partial charge in [-0.3, -0.25) is 9.59 Å². The van der Waals surface area contributed by atoms with Crippen LogP contribution in [0.2, 0.25) is 5.02 Å². The second-order valence-electron chi connectivity index (χ2n) is 5.39. The quantitative estimate of drug-likeness (QED) is 0.777. The Morgan fingerprint density at radius 3 is 2.50 bits per heavy atom. The third-order valence-corrected chi connectivity index (χ3v) is 5.89. The average Bonchev–Trinajstić information content (AvgIpc) is 3.08. The zero-order chi connectivity index (χ0) is 17.7. The molecule has 0 aliphatic carbocycles. The van der Waals surface area contributed by atoms with Gasteiger partial charge in [0, 0.05) is 19.6 Å². The van der Waals surface area contributed by atoms with Crippen molar-refractivity contribution in [1.29, 1.82) is 0 Å². The van der Waals surface area contributed by atoms with Gasteiger partial charge in [0.05, 0.1) is 22.0 Å². The fourth-order valence-electron chi connectivity index (χ4n) is 2.43. The molecule has 1 heterocycles. The summed E-state index contributed by atoms with van der Waals surface area (Å²) >= 11 is 6.01. The molecule has 1 aliphatic heterocycles. The summed E-state index contributed by atoms with van der Waals surface area (Å²) in [5, 5.41) is 5.11. The maximum atomic E-state index is 12.6. The number of hydrogen-bond acceptors (Lipinski definition) is 4.